The van der Waals surface area contributed by atoms with Crippen LogP contribution in [0.4, 0.5) is 15.9 Å². The maximum absolute atomic E-state index is 13.5. The molecule has 2 aromatic carbocycles. The smallest absolute Gasteiger partial charge is 0.223 e. The molecule has 1 amide bonds. The summed E-state index contributed by atoms with van der Waals surface area (Å²) >= 11 is 7.57. The van der Waals surface area contributed by atoms with E-state index in [-0.39, 0.29) is 11.7 Å². The number of carbonyl (C=O) groups is 1. The van der Waals surface area contributed by atoms with E-state index in [2.05, 4.69) is 14.9 Å². The number of thiazole rings is 1. The van der Waals surface area contributed by atoms with E-state index < -0.39 is 0 Å². The molecule has 5 rings (SSSR count). The molecule has 0 aliphatic carbocycles. The normalized spacial score (nSPS) is 13.1. The first kappa shape index (κ1) is 21.6. The van der Waals surface area contributed by atoms with E-state index in [4.69, 9.17) is 16.6 Å². The zero-order valence-corrected chi connectivity index (χ0v) is 19.2. The highest BCUT2D eigenvalue weighted by molar-refractivity contribution is 7.07. The molecule has 0 atom stereocenters. The van der Waals surface area contributed by atoms with Gasteiger partial charge in [0.05, 0.1) is 17.7 Å². The number of anilines is 2. The number of halogens is 2. The summed E-state index contributed by atoms with van der Waals surface area (Å²) in [5.74, 6) is 1.40. The summed E-state index contributed by atoms with van der Waals surface area (Å²) in [5, 5.41) is 6.07. The maximum atomic E-state index is 13.5. The van der Waals surface area contributed by atoms with Gasteiger partial charge in [-0.05, 0) is 55.0 Å². The van der Waals surface area contributed by atoms with Crippen LogP contribution in [0, 0.1) is 5.82 Å². The highest BCUT2D eigenvalue weighted by atomic mass is 35.5. The highest BCUT2D eigenvalue weighted by Gasteiger charge is 2.27. The van der Waals surface area contributed by atoms with Gasteiger partial charge in [0.1, 0.15) is 23.2 Å². The Morgan fingerprint density at radius 2 is 1.91 bits per heavy atom. The molecule has 0 radical (unpaired) electrons. The minimum absolute atomic E-state index is 0.0905. The molecule has 0 saturated carbocycles. The summed E-state index contributed by atoms with van der Waals surface area (Å²) in [6.45, 7) is 1.63. The van der Waals surface area contributed by atoms with Crippen LogP contribution in [0.5, 0.6) is 0 Å². The van der Waals surface area contributed by atoms with Crippen LogP contribution in [0.15, 0.2) is 59.4 Å². The summed E-state index contributed by atoms with van der Waals surface area (Å²) in [6, 6.07) is 13.7. The predicted molar refractivity (Wildman–Crippen MR) is 128 cm³/mol. The number of hydrogen-bond donors (Lipinski definition) is 1. The van der Waals surface area contributed by atoms with Crippen LogP contribution in [0.25, 0.3) is 11.3 Å². The lowest BCUT2D eigenvalue weighted by atomic mass is 10.1. The Hall–Kier alpha value is -3.23. The van der Waals surface area contributed by atoms with E-state index in [0.717, 1.165) is 34.3 Å². The van der Waals surface area contributed by atoms with Gasteiger partial charge in [0.25, 0.3) is 0 Å². The number of fused-ring (bicyclic) bond motifs is 1. The minimum Gasteiger partial charge on any atom is -0.340 e. The van der Waals surface area contributed by atoms with E-state index in [1.165, 1.54) is 23.5 Å². The molecule has 1 aliphatic rings. The van der Waals surface area contributed by atoms with Crippen LogP contribution in [0.3, 0.4) is 0 Å². The Bertz CT molecular complexity index is 1260. The Balaban J connectivity index is 1.42. The van der Waals surface area contributed by atoms with E-state index in [1.807, 2.05) is 34.5 Å². The summed E-state index contributed by atoms with van der Waals surface area (Å²) in [4.78, 5) is 23.8. The number of carbonyl (C=O) groups excluding carboxylic acids is 1. The first-order valence-electron chi connectivity index (χ1n) is 10.6. The van der Waals surface area contributed by atoms with E-state index in [1.54, 1.807) is 17.6 Å². The average molecular weight is 482 g/mol. The number of hydrogen-bond acceptors (Lipinski definition) is 5. The van der Waals surface area contributed by atoms with Crippen molar-refractivity contribution in [1.29, 1.82) is 0 Å². The molecule has 1 aliphatic heterocycles. The van der Waals surface area contributed by atoms with Crippen LogP contribution in [-0.2, 0) is 24.3 Å². The fourth-order valence-electron chi connectivity index (χ4n) is 3.90. The van der Waals surface area contributed by atoms with E-state index >= 15 is 0 Å². The van der Waals surface area contributed by atoms with E-state index in [9.17, 15) is 9.18 Å². The van der Waals surface area contributed by atoms with Crippen molar-refractivity contribution in [2.24, 2.45) is 0 Å². The Labute approximate surface area is 199 Å². The van der Waals surface area contributed by atoms with Gasteiger partial charge in [0.2, 0.25) is 5.91 Å². The minimum atomic E-state index is -0.299. The lowest BCUT2D eigenvalue weighted by Gasteiger charge is -2.28. The lowest BCUT2D eigenvalue weighted by molar-refractivity contribution is -0.132. The van der Waals surface area contributed by atoms with Crippen molar-refractivity contribution >= 4 is 40.4 Å². The number of nitrogens with one attached hydrogen (secondary N) is 1. The standard InChI is InChI=1S/C24H21ClFN5OS/c25-17-3-7-19(8-4-17)28-24-23(16-1-5-18(26)6-2-16)29-21-13-30(11-12-31(21)24)22(32)10-9-20-14-33-15-27-20/h1-8,14-15,28H,9-13H2. The number of amides is 1. The molecular weight excluding hydrogens is 461 g/mol. The summed E-state index contributed by atoms with van der Waals surface area (Å²) in [7, 11) is 0. The molecule has 33 heavy (non-hydrogen) atoms. The molecule has 3 heterocycles. The second-order valence-electron chi connectivity index (χ2n) is 7.81. The van der Waals surface area contributed by atoms with Gasteiger partial charge >= 0.3 is 0 Å². The van der Waals surface area contributed by atoms with Crippen molar-refractivity contribution in [2.45, 2.75) is 25.9 Å². The number of benzene rings is 2. The number of nitrogens with zero attached hydrogens (tertiary/aromatic N) is 4. The SMILES string of the molecule is O=C(CCc1cscn1)N1CCn2c(nc(-c3ccc(F)cc3)c2Nc2ccc(Cl)cc2)C1. The van der Waals surface area contributed by atoms with Gasteiger partial charge in [-0.15, -0.1) is 11.3 Å². The van der Waals surface area contributed by atoms with Crippen molar-refractivity contribution in [3.05, 3.63) is 81.8 Å². The molecule has 0 unspecified atom stereocenters. The summed E-state index contributed by atoms with van der Waals surface area (Å²) in [6.07, 6.45) is 1.06. The zero-order chi connectivity index (χ0) is 22.8. The fourth-order valence-corrected chi connectivity index (χ4v) is 4.62. The largest absolute Gasteiger partial charge is 0.340 e. The molecule has 0 fully saturated rings. The molecule has 168 valence electrons. The van der Waals surface area contributed by atoms with Crippen LogP contribution in [0.2, 0.25) is 5.02 Å². The first-order chi connectivity index (χ1) is 16.1. The van der Waals surface area contributed by atoms with Crippen molar-refractivity contribution in [1.82, 2.24) is 19.4 Å². The number of imidazole rings is 1. The van der Waals surface area contributed by atoms with Crippen LogP contribution in [0.1, 0.15) is 17.9 Å². The fraction of sp³-hybridized carbons (Fsp3) is 0.208. The van der Waals surface area contributed by atoms with Crippen LogP contribution >= 0.6 is 22.9 Å². The Morgan fingerprint density at radius 3 is 2.64 bits per heavy atom. The van der Waals surface area contributed by atoms with Crippen molar-refractivity contribution in [3.63, 3.8) is 0 Å². The Kier molecular flexibility index (Phi) is 6.11. The van der Waals surface area contributed by atoms with E-state index in [0.29, 0.717) is 37.5 Å². The van der Waals surface area contributed by atoms with Gasteiger partial charge in [-0.25, -0.2) is 14.4 Å². The molecule has 0 bridgehead atoms. The highest BCUT2D eigenvalue weighted by Crippen LogP contribution is 2.33. The monoisotopic (exact) mass is 481 g/mol. The second-order valence-corrected chi connectivity index (χ2v) is 8.97. The van der Waals surface area contributed by atoms with Crippen molar-refractivity contribution in [3.8, 4) is 11.3 Å². The van der Waals surface area contributed by atoms with Crippen molar-refractivity contribution < 1.29 is 9.18 Å². The van der Waals surface area contributed by atoms with Gasteiger partial charge in [0, 0.05) is 41.2 Å². The second kappa shape index (κ2) is 9.33. The van der Waals surface area contributed by atoms with Gasteiger partial charge < -0.3 is 14.8 Å². The topological polar surface area (TPSA) is 63.1 Å². The average Bonchev–Trinajstić information content (AvgIpc) is 3.47. The third kappa shape index (κ3) is 4.77. The third-order valence-electron chi connectivity index (χ3n) is 5.63. The number of aromatic nitrogens is 3. The molecule has 1 N–H and O–H groups in total. The summed E-state index contributed by atoms with van der Waals surface area (Å²) in [5.41, 5.74) is 5.11. The molecular formula is C24H21ClFN5OS. The van der Waals surface area contributed by atoms with Gasteiger partial charge in [-0.1, -0.05) is 11.6 Å². The maximum Gasteiger partial charge on any atom is 0.223 e. The van der Waals surface area contributed by atoms with Crippen LogP contribution in [-0.4, -0.2) is 31.9 Å². The lowest BCUT2D eigenvalue weighted by Crippen LogP contribution is -2.38. The summed E-state index contributed by atoms with van der Waals surface area (Å²) < 4.78 is 15.6. The molecule has 2 aromatic heterocycles. The quantitative estimate of drug-likeness (QED) is 0.394. The van der Waals surface area contributed by atoms with Gasteiger partial charge in [-0.3, -0.25) is 4.79 Å². The van der Waals surface area contributed by atoms with Gasteiger partial charge in [0.15, 0.2) is 0 Å². The van der Waals surface area contributed by atoms with Gasteiger partial charge in [-0.2, -0.15) is 0 Å². The molecule has 4 aromatic rings. The molecule has 9 heteroatoms. The molecule has 6 nitrogen and oxygen atoms in total. The Morgan fingerprint density at radius 1 is 1.12 bits per heavy atom. The van der Waals surface area contributed by atoms with Crippen LogP contribution < -0.4 is 5.32 Å². The predicted octanol–water partition coefficient (Wildman–Crippen LogP) is 5.52. The zero-order valence-electron chi connectivity index (χ0n) is 17.7. The number of rotatable bonds is 6. The number of aryl methyl sites for hydroxylation is 1. The first-order valence-corrected chi connectivity index (χ1v) is 11.9. The molecule has 0 spiro atoms. The third-order valence-corrected chi connectivity index (χ3v) is 6.52. The molecule has 0 saturated heterocycles. The van der Waals surface area contributed by atoms with Crippen molar-refractivity contribution in [2.75, 3.05) is 11.9 Å².